The number of aryl methyl sites for hydroxylation is 1. The van der Waals surface area contributed by atoms with Crippen molar-refractivity contribution in [2.75, 3.05) is 0 Å². The van der Waals surface area contributed by atoms with Crippen LogP contribution in [0, 0.1) is 17.0 Å². The predicted molar refractivity (Wildman–Crippen MR) is 102 cm³/mol. The molecule has 3 rings (SSSR count). The van der Waals surface area contributed by atoms with E-state index in [0.717, 1.165) is 21.5 Å². The summed E-state index contributed by atoms with van der Waals surface area (Å²) >= 11 is 1.41. The highest BCUT2D eigenvalue weighted by molar-refractivity contribution is 7.15. The van der Waals surface area contributed by atoms with Gasteiger partial charge in [0.2, 0.25) is 0 Å². The number of phenolic OH excluding ortho intramolecular Hbond substituents is 1. The molecule has 3 aromatic rings. The van der Waals surface area contributed by atoms with Crippen LogP contribution in [0.3, 0.4) is 0 Å². The fourth-order valence-corrected chi connectivity index (χ4v) is 3.21. The van der Waals surface area contributed by atoms with Crippen LogP contribution >= 0.6 is 11.3 Å². The van der Waals surface area contributed by atoms with Crippen molar-refractivity contribution in [1.82, 2.24) is 10.4 Å². The second-order valence-corrected chi connectivity index (χ2v) is 6.70. The van der Waals surface area contributed by atoms with Gasteiger partial charge in [0.1, 0.15) is 10.7 Å². The minimum atomic E-state index is -0.699. The maximum Gasteiger partial charge on any atom is 0.311 e. The van der Waals surface area contributed by atoms with Crippen LogP contribution in [0.5, 0.6) is 5.75 Å². The quantitative estimate of drug-likeness (QED) is 0.398. The van der Waals surface area contributed by atoms with Crippen molar-refractivity contribution in [1.29, 1.82) is 0 Å². The number of nitro benzene ring substituents is 1. The molecule has 0 fully saturated rings. The van der Waals surface area contributed by atoms with E-state index in [0.29, 0.717) is 5.56 Å². The topological polar surface area (TPSA) is 118 Å². The summed E-state index contributed by atoms with van der Waals surface area (Å²) in [5.41, 5.74) is 3.47. The summed E-state index contributed by atoms with van der Waals surface area (Å²) in [6.45, 7) is 1.80. The van der Waals surface area contributed by atoms with Crippen LogP contribution in [0.2, 0.25) is 0 Å². The first-order valence-corrected chi connectivity index (χ1v) is 8.61. The van der Waals surface area contributed by atoms with E-state index in [1.807, 2.05) is 30.3 Å². The Morgan fingerprint density at radius 1 is 1.30 bits per heavy atom. The van der Waals surface area contributed by atoms with Crippen LogP contribution in [-0.4, -0.2) is 27.1 Å². The van der Waals surface area contributed by atoms with Crippen LogP contribution in [0.1, 0.15) is 20.9 Å². The number of phenols is 1. The van der Waals surface area contributed by atoms with Gasteiger partial charge in [-0.05, 0) is 19.1 Å². The Morgan fingerprint density at radius 2 is 2.04 bits per heavy atom. The lowest BCUT2D eigenvalue weighted by molar-refractivity contribution is -0.385. The third-order valence-corrected chi connectivity index (χ3v) is 4.63. The molecular weight excluding hydrogens is 368 g/mol. The molecule has 1 heterocycles. The lowest BCUT2D eigenvalue weighted by atomic mass is 10.2. The monoisotopic (exact) mass is 382 g/mol. The number of nitrogens with zero attached hydrogens (tertiary/aromatic N) is 3. The molecule has 0 atom stereocenters. The van der Waals surface area contributed by atoms with Gasteiger partial charge in [-0.15, -0.1) is 11.3 Å². The van der Waals surface area contributed by atoms with Crippen LogP contribution in [-0.2, 0) is 0 Å². The average Bonchev–Trinajstić information content (AvgIpc) is 3.05. The predicted octanol–water partition coefficient (Wildman–Crippen LogP) is 3.50. The van der Waals surface area contributed by atoms with Crippen molar-refractivity contribution in [3.63, 3.8) is 0 Å². The molecule has 0 spiro atoms. The molecule has 0 unspecified atom stereocenters. The molecule has 0 radical (unpaired) electrons. The minimum Gasteiger partial charge on any atom is -0.502 e. The number of hydrogen-bond donors (Lipinski definition) is 2. The van der Waals surface area contributed by atoms with Crippen molar-refractivity contribution in [2.24, 2.45) is 5.10 Å². The number of carbonyl (C=O) groups excluding carboxylic acids is 1. The fraction of sp³-hybridized carbons (Fsp3) is 0.0556. The third kappa shape index (κ3) is 4.15. The smallest absolute Gasteiger partial charge is 0.311 e. The first-order valence-electron chi connectivity index (χ1n) is 7.79. The number of aromatic hydroxyl groups is 1. The Morgan fingerprint density at radius 3 is 2.74 bits per heavy atom. The highest BCUT2D eigenvalue weighted by Gasteiger charge is 2.16. The van der Waals surface area contributed by atoms with Crippen molar-refractivity contribution in [3.05, 3.63) is 74.8 Å². The lowest BCUT2D eigenvalue weighted by Gasteiger charge is -1.99. The van der Waals surface area contributed by atoms with E-state index in [2.05, 4.69) is 15.5 Å². The highest BCUT2D eigenvalue weighted by atomic mass is 32.1. The summed E-state index contributed by atoms with van der Waals surface area (Å²) in [5.74, 6) is -0.914. The van der Waals surface area contributed by atoms with Gasteiger partial charge in [0.05, 0.1) is 11.1 Å². The second-order valence-electron chi connectivity index (χ2n) is 5.49. The van der Waals surface area contributed by atoms with Gasteiger partial charge in [-0.1, -0.05) is 30.3 Å². The largest absolute Gasteiger partial charge is 0.502 e. The summed E-state index contributed by atoms with van der Waals surface area (Å²) in [4.78, 5) is 27.5. The van der Waals surface area contributed by atoms with E-state index in [-0.39, 0.29) is 5.69 Å². The van der Waals surface area contributed by atoms with Gasteiger partial charge in [-0.2, -0.15) is 5.10 Å². The zero-order chi connectivity index (χ0) is 19.4. The Kier molecular flexibility index (Phi) is 5.23. The molecule has 8 nitrogen and oxygen atoms in total. The van der Waals surface area contributed by atoms with Gasteiger partial charge in [0, 0.05) is 22.1 Å². The Hall–Kier alpha value is -3.59. The molecule has 0 bridgehead atoms. The normalized spacial score (nSPS) is 10.9. The van der Waals surface area contributed by atoms with Crippen LogP contribution in [0.25, 0.3) is 10.6 Å². The fourth-order valence-electron chi connectivity index (χ4n) is 2.30. The maximum atomic E-state index is 12.3. The van der Waals surface area contributed by atoms with E-state index in [4.69, 9.17) is 0 Å². The van der Waals surface area contributed by atoms with Gasteiger partial charge >= 0.3 is 5.69 Å². The molecule has 1 aromatic heterocycles. The van der Waals surface area contributed by atoms with E-state index >= 15 is 0 Å². The van der Waals surface area contributed by atoms with E-state index in [9.17, 15) is 20.0 Å². The molecule has 27 heavy (non-hydrogen) atoms. The van der Waals surface area contributed by atoms with E-state index < -0.39 is 22.3 Å². The molecule has 0 aliphatic heterocycles. The first-order chi connectivity index (χ1) is 13.0. The number of aromatic nitrogens is 1. The number of hydrogen-bond acceptors (Lipinski definition) is 7. The van der Waals surface area contributed by atoms with Crippen LogP contribution in [0.4, 0.5) is 5.69 Å². The van der Waals surface area contributed by atoms with E-state index in [1.54, 1.807) is 6.92 Å². The number of thiazole rings is 1. The number of nitro groups is 1. The molecule has 0 aliphatic carbocycles. The summed E-state index contributed by atoms with van der Waals surface area (Å²) < 4.78 is 0. The number of benzene rings is 2. The molecule has 2 N–H and O–H groups in total. The lowest BCUT2D eigenvalue weighted by Crippen LogP contribution is -2.18. The molecule has 9 heteroatoms. The molecular formula is C18H14N4O4S. The average molecular weight is 382 g/mol. The first kappa shape index (κ1) is 18.2. The minimum absolute atomic E-state index is 0.271. The molecule has 0 saturated heterocycles. The van der Waals surface area contributed by atoms with Crippen molar-refractivity contribution < 1.29 is 14.8 Å². The standard InChI is InChI=1S/C18H14N4O4S/c1-11-16(20-18(27-11)13-5-3-2-4-6-13)17(24)21-19-10-12-7-8-15(23)14(9-12)22(25)26/h2-10,23H,1H3,(H,21,24)/b19-10-. The number of amides is 1. The van der Waals surface area contributed by atoms with E-state index in [1.165, 1.54) is 29.7 Å². The van der Waals surface area contributed by atoms with Crippen molar-refractivity contribution in [3.8, 4) is 16.3 Å². The van der Waals surface area contributed by atoms with Gasteiger partial charge in [0.15, 0.2) is 5.75 Å². The molecule has 0 aliphatic rings. The van der Waals surface area contributed by atoms with Gasteiger partial charge in [0.25, 0.3) is 5.91 Å². The Balaban J connectivity index is 1.73. The highest BCUT2D eigenvalue weighted by Crippen LogP contribution is 2.27. The number of hydrazone groups is 1. The van der Waals surface area contributed by atoms with Gasteiger partial charge < -0.3 is 5.11 Å². The third-order valence-electron chi connectivity index (χ3n) is 3.61. The summed E-state index contributed by atoms with van der Waals surface area (Å²) in [6.07, 6.45) is 1.25. The number of carbonyl (C=O) groups is 1. The van der Waals surface area contributed by atoms with Gasteiger partial charge in [-0.3, -0.25) is 14.9 Å². The summed E-state index contributed by atoms with van der Waals surface area (Å²) in [6, 6.07) is 13.3. The molecule has 0 saturated carbocycles. The maximum absolute atomic E-state index is 12.3. The molecule has 136 valence electrons. The second kappa shape index (κ2) is 7.75. The Labute approximate surface area is 158 Å². The van der Waals surface area contributed by atoms with Crippen molar-refractivity contribution in [2.45, 2.75) is 6.92 Å². The Bertz CT molecular complexity index is 1030. The van der Waals surface area contributed by atoms with Crippen LogP contribution < -0.4 is 5.43 Å². The van der Waals surface area contributed by atoms with Crippen LogP contribution in [0.15, 0.2) is 53.6 Å². The molecule has 2 aromatic carbocycles. The summed E-state index contributed by atoms with van der Waals surface area (Å²) in [7, 11) is 0. The van der Waals surface area contributed by atoms with Gasteiger partial charge in [-0.25, -0.2) is 10.4 Å². The molecule has 1 amide bonds. The number of nitrogens with one attached hydrogen (secondary N) is 1. The number of rotatable bonds is 5. The summed E-state index contributed by atoms with van der Waals surface area (Å²) in [5, 5.41) is 24.8. The zero-order valence-electron chi connectivity index (χ0n) is 14.1. The van der Waals surface area contributed by atoms with Crippen molar-refractivity contribution >= 4 is 29.1 Å². The SMILES string of the molecule is Cc1sc(-c2ccccc2)nc1C(=O)N/N=C\c1ccc(O)c([N+](=O)[O-])c1. The zero-order valence-corrected chi connectivity index (χ0v) is 14.9.